The van der Waals surface area contributed by atoms with Crippen LogP contribution in [0, 0.1) is 0 Å². The van der Waals surface area contributed by atoms with Crippen LogP contribution in [0.3, 0.4) is 0 Å². The van der Waals surface area contributed by atoms with Gasteiger partial charge in [0.1, 0.15) is 17.8 Å². The van der Waals surface area contributed by atoms with E-state index in [1.165, 1.54) is 50.3 Å². The maximum absolute atomic E-state index is 4.46. The number of unbranched alkanes of at least 4 members (excludes halogenated alkanes) is 5. The van der Waals surface area contributed by atoms with Gasteiger partial charge in [-0.1, -0.05) is 39.0 Å². The molecule has 0 saturated carbocycles. The number of halogens is 1. The first-order valence-electron chi connectivity index (χ1n) is 7.72. The number of thioether (sulfide) groups is 1. The van der Waals surface area contributed by atoms with Crippen LogP contribution in [0.2, 0.25) is 0 Å². The first-order chi connectivity index (χ1) is 10.3. The molecule has 2 aromatic heterocycles. The van der Waals surface area contributed by atoms with Gasteiger partial charge in [-0.3, -0.25) is 0 Å². The van der Waals surface area contributed by atoms with E-state index < -0.39 is 0 Å². The predicted octanol–water partition coefficient (Wildman–Crippen LogP) is 1.49. The maximum Gasteiger partial charge on any atom is 0.178 e. The van der Waals surface area contributed by atoms with Gasteiger partial charge in [0.25, 0.3) is 0 Å². The minimum atomic E-state index is 0. The number of rotatable bonds is 9. The summed E-state index contributed by atoms with van der Waals surface area (Å²) in [7, 11) is 2.03. The summed E-state index contributed by atoms with van der Waals surface area (Å²) in [6, 6.07) is 4.16. The summed E-state index contributed by atoms with van der Waals surface area (Å²) in [5.41, 5.74) is 2.19. The van der Waals surface area contributed by atoms with Crippen molar-refractivity contribution in [1.82, 2.24) is 8.75 Å². The van der Waals surface area contributed by atoms with Gasteiger partial charge in [-0.25, -0.2) is 4.57 Å². The summed E-state index contributed by atoms with van der Waals surface area (Å²) in [5, 5.41) is 1.08. The Morgan fingerprint density at radius 1 is 1.14 bits per heavy atom. The van der Waals surface area contributed by atoms with Crippen LogP contribution in [0.1, 0.15) is 45.4 Å². The van der Waals surface area contributed by atoms with Crippen molar-refractivity contribution in [3.8, 4) is 11.3 Å². The minimum Gasteiger partial charge on any atom is -1.00 e. The summed E-state index contributed by atoms with van der Waals surface area (Å²) < 4.78 is 11.0. The van der Waals surface area contributed by atoms with Crippen molar-refractivity contribution >= 4 is 23.5 Å². The molecule has 0 aliphatic rings. The Kier molecular flexibility index (Phi) is 10.2. The zero-order valence-electron chi connectivity index (χ0n) is 13.3. The molecule has 0 atom stereocenters. The summed E-state index contributed by atoms with van der Waals surface area (Å²) in [6.45, 7) is 2.26. The molecule has 122 valence electrons. The Bertz CT molecular complexity index is 546. The summed E-state index contributed by atoms with van der Waals surface area (Å²) in [4.78, 5) is 0. The molecule has 2 aromatic rings. The van der Waals surface area contributed by atoms with Crippen LogP contribution in [-0.2, 0) is 7.05 Å². The third-order valence-corrected chi connectivity index (χ3v) is 5.10. The molecule has 0 N–H and O–H groups in total. The molecular weight excluding hydrogens is 425 g/mol. The van der Waals surface area contributed by atoms with Crippen molar-refractivity contribution in [2.45, 2.75) is 50.5 Å². The normalized spacial score (nSPS) is 10.5. The highest BCUT2D eigenvalue weighted by atomic mass is 127. The van der Waals surface area contributed by atoms with Crippen LogP contribution >= 0.6 is 23.5 Å². The minimum absolute atomic E-state index is 0. The quantitative estimate of drug-likeness (QED) is 0.252. The summed E-state index contributed by atoms with van der Waals surface area (Å²) >= 11 is 3.16. The summed E-state index contributed by atoms with van der Waals surface area (Å²) in [6.07, 6.45) is 12.2. The van der Waals surface area contributed by atoms with E-state index in [0.717, 1.165) is 22.0 Å². The third-order valence-electron chi connectivity index (χ3n) is 3.41. The molecule has 2 rings (SSSR count). The highest BCUT2D eigenvalue weighted by molar-refractivity contribution is 7.99. The van der Waals surface area contributed by atoms with Crippen molar-refractivity contribution in [3.05, 3.63) is 24.5 Å². The molecule has 0 aromatic carbocycles. The number of hydrogen-bond acceptors (Lipinski definition) is 4. The van der Waals surface area contributed by atoms with Crippen LogP contribution in [-0.4, -0.2) is 14.5 Å². The second-order valence-corrected chi connectivity index (χ2v) is 6.90. The van der Waals surface area contributed by atoms with Gasteiger partial charge in [0.05, 0.1) is 17.3 Å². The lowest BCUT2D eigenvalue weighted by Gasteiger charge is -2.01. The van der Waals surface area contributed by atoms with Gasteiger partial charge in [0.2, 0.25) is 0 Å². The third kappa shape index (κ3) is 6.50. The molecule has 0 aliphatic carbocycles. The molecule has 2 heterocycles. The van der Waals surface area contributed by atoms with Crippen molar-refractivity contribution in [3.63, 3.8) is 0 Å². The molecule has 6 heteroatoms. The summed E-state index contributed by atoms with van der Waals surface area (Å²) in [5.74, 6) is 1.14. The SMILES string of the molecule is CCCCCCCCSc1nsnc1-c1ccc[n+](C)c1.[I-]. The van der Waals surface area contributed by atoms with Gasteiger partial charge < -0.3 is 24.0 Å². The highest BCUT2D eigenvalue weighted by Crippen LogP contribution is 2.29. The maximum atomic E-state index is 4.46. The number of hydrogen-bond donors (Lipinski definition) is 0. The fourth-order valence-electron chi connectivity index (χ4n) is 2.23. The van der Waals surface area contributed by atoms with E-state index in [9.17, 15) is 0 Å². The number of pyridine rings is 1. The Balaban J connectivity index is 0.00000242. The highest BCUT2D eigenvalue weighted by Gasteiger charge is 2.13. The van der Waals surface area contributed by atoms with Crippen LogP contribution in [0.5, 0.6) is 0 Å². The van der Waals surface area contributed by atoms with E-state index >= 15 is 0 Å². The van der Waals surface area contributed by atoms with Gasteiger partial charge in [-0.2, -0.15) is 8.75 Å². The fourth-order valence-corrected chi connectivity index (χ4v) is 3.92. The standard InChI is InChI=1S/C16H24N3S2.HI/c1-3-4-5-6-7-8-12-20-16-15(17-21-18-16)14-10-9-11-19(2)13-14;/h9-11,13H,3-8,12H2,1-2H3;1H/q+1;/p-1. The first-order valence-corrected chi connectivity index (χ1v) is 9.44. The van der Waals surface area contributed by atoms with Gasteiger partial charge in [-0.15, -0.1) is 11.8 Å². The molecule has 0 unspecified atom stereocenters. The van der Waals surface area contributed by atoms with E-state index in [0.29, 0.717) is 0 Å². The number of aryl methyl sites for hydroxylation is 1. The fraction of sp³-hybridized carbons (Fsp3) is 0.562. The van der Waals surface area contributed by atoms with Crippen LogP contribution < -0.4 is 28.5 Å². The van der Waals surface area contributed by atoms with Crippen molar-refractivity contribution in [2.75, 3.05) is 5.75 Å². The van der Waals surface area contributed by atoms with Gasteiger partial charge in [0.15, 0.2) is 12.4 Å². The Hall–Kier alpha value is -0.210. The Morgan fingerprint density at radius 2 is 1.91 bits per heavy atom. The molecule has 22 heavy (non-hydrogen) atoms. The van der Waals surface area contributed by atoms with E-state index in [-0.39, 0.29) is 24.0 Å². The second kappa shape index (κ2) is 11.3. The zero-order valence-corrected chi connectivity index (χ0v) is 17.1. The van der Waals surface area contributed by atoms with Crippen LogP contribution in [0.4, 0.5) is 0 Å². The predicted molar refractivity (Wildman–Crippen MR) is 90.6 cm³/mol. The number of nitrogens with zero attached hydrogens (tertiary/aromatic N) is 3. The average molecular weight is 449 g/mol. The molecule has 0 spiro atoms. The van der Waals surface area contributed by atoms with E-state index in [4.69, 9.17) is 0 Å². The molecular formula is C16H24IN3S2. The molecule has 0 saturated heterocycles. The Labute approximate surface area is 159 Å². The van der Waals surface area contributed by atoms with Gasteiger partial charge in [-0.05, 0) is 18.2 Å². The first kappa shape index (κ1) is 19.8. The topological polar surface area (TPSA) is 29.7 Å². The lowest BCUT2D eigenvalue weighted by molar-refractivity contribution is -0.671. The van der Waals surface area contributed by atoms with Crippen LogP contribution in [0.15, 0.2) is 29.6 Å². The Morgan fingerprint density at radius 3 is 2.68 bits per heavy atom. The van der Waals surface area contributed by atoms with Gasteiger partial charge in [0, 0.05) is 6.07 Å². The zero-order chi connectivity index (χ0) is 14.9. The smallest absolute Gasteiger partial charge is 0.178 e. The number of aromatic nitrogens is 3. The average Bonchev–Trinajstić information content (AvgIpc) is 2.95. The lowest BCUT2D eigenvalue weighted by atomic mass is 10.1. The molecule has 0 radical (unpaired) electrons. The molecule has 0 aliphatic heterocycles. The second-order valence-electron chi connectivity index (χ2n) is 5.29. The van der Waals surface area contributed by atoms with Crippen molar-refractivity contribution < 1.29 is 28.5 Å². The van der Waals surface area contributed by atoms with Crippen molar-refractivity contribution in [2.24, 2.45) is 7.05 Å². The lowest BCUT2D eigenvalue weighted by Crippen LogP contribution is -3.00. The molecule has 0 amide bonds. The van der Waals surface area contributed by atoms with Crippen LogP contribution in [0.25, 0.3) is 11.3 Å². The monoisotopic (exact) mass is 449 g/mol. The van der Waals surface area contributed by atoms with E-state index in [1.54, 1.807) is 0 Å². The van der Waals surface area contributed by atoms with Gasteiger partial charge >= 0.3 is 0 Å². The molecule has 3 nitrogen and oxygen atoms in total. The van der Waals surface area contributed by atoms with Crippen molar-refractivity contribution in [1.29, 1.82) is 0 Å². The van der Waals surface area contributed by atoms with E-state index in [1.807, 2.05) is 25.0 Å². The molecule has 0 fully saturated rings. The largest absolute Gasteiger partial charge is 1.00 e. The van der Waals surface area contributed by atoms with E-state index in [2.05, 4.69) is 38.6 Å². The molecule has 0 bridgehead atoms.